The van der Waals surface area contributed by atoms with Crippen LogP contribution < -0.4 is 0 Å². The number of aryl methyl sites for hydroxylation is 1. The molecule has 3 heterocycles. The first kappa shape index (κ1) is 13.7. The maximum absolute atomic E-state index is 12.5. The quantitative estimate of drug-likeness (QED) is 0.850. The van der Waals surface area contributed by atoms with Gasteiger partial charge in [-0.2, -0.15) is 0 Å². The average molecular weight is 353 g/mol. The summed E-state index contributed by atoms with van der Waals surface area (Å²) in [4.78, 5) is 28.6. The van der Waals surface area contributed by atoms with Crippen molar-refractivity contribution in [1.29, 1.82) is 0 Å². The van der Waals surface area contributed by atoms with Gasteiger partial charge in [0.05, 0.1) is 28.1 Å². The Morgan fingerprint density at radius 2 is 2.40 bits per heavy atom. The Bertz CT molecular complexity index is 689. The molecule has 2 aromatic rings. The van der Waals surface area contributed by atoms with Crippen LogP contribution in [0, 0.1) is 6.92 Å². The number of thiazole rings is 1. The lowest BCUT2D eigenvalue weighted by Gasteiger charge is -2.24. The van der Waals surface area contributed by atoms with E-state index in [1.165, 1.54) is 11.3 Å². The Balaban J connectivity index is 1.85. The molecule has 4 nitrogen and oxygen atoms in total. The zero-order valence-corrected chi connectivity index (χ0v) is 13.3. The molecule has 0 aromatic carbocycles. The van der Waals surface area contributed by atoms with Gasteiger partial charge in [-0.1, -0.05) is 0 Å². The van der Waals surface area contributed by atoms with Crippen molar-refractivity contribution in [2.24, 2.45) is 0 Å². The van der Waals surface area contributed by atoms with Gasteiger partial charge in [-0.25, -0.2) is 4.98 Å². The van der Waals surface area contributed by atoms with Crippen LogP contribution in [0.1, 0.15) is 39.9 Å². The average Bonchev–Trinajstić information content (AvgIpc) is 2.96. The van der Waals surface area contributed by atoms with Gasteiger partial charge in [-0.15, -0.1) is 11.3 Å². The molecule has 6 heteroatoms. The first-order valence-electron chi connectivity index (χ1n) is 6.39. The number of halogens is 1. The standard InChI is InChI=1S/C14H13BrN2O2S/c1-8-4-10-11(18)3-2-9(17(10)7-8)12(19)5-14-16-6-13(15)20-14/h4,6-7,9H,2-3,5H2,1H3. The van der Waals surface area contributed by atoms with Crippen molar-refractivity contribution in [2.45, 2.75) is 32.2 Å². The van der Waals surface area contributed by atoms with Gasteiger partial charge < -0.3 is 4.57 Å². The van der Waals surface area contributed by atoms with Gasteiger partial charge >= 0.3 is 0 Å². The summed E-state index contributed by atoms with van der Waals surface area (Å²) in [5.41, 5.74) is 1.68. The highest BCUT2D eigenvalue weighted by Gasteiger charge is 2.30. The molecule has 1 aliphatic rings. The number of rotatable bonds is 3. The monoisotopic (exact) mass is 352 g/mol. The van der Waals surface area contributed by atoms with Crippen LogP contribution in [0.4, 0.5) is 0 Å². The van der Waals surface area contributed by atoms with E-state index in [0.717, 1.165) is 14.4 Å². The molecule has 3 rings (SSSR count). The third-order valence-corrected chi connectivity index (χ3v) is 4.95. The molecule has 0 radical (unpaired) electrons. The number of carbonyl (C=O) groups is 2. The molecule has 1 atom stereocenters. The summed E-state index contributed by atoms with van der Waals surface area (Å²) in [6, 6.07) is 1.63. The topological polar surface area (TPSA) is 52.0 Å². The summed E-state index contributed by atoms with van der Waals surface area (Å²) in [6.07, 6.45) is 4.97. The number of hydrogen-bond donors (Lipinski definition) is 0. The molecule has 0 saturated heterocycles. The van der Waals surface area contributed by atoms with Crippen LogP contribution in [0.2, 0.25) is 0 Å². The number of fused-ring (bicyclic) bond motifs is 1. The van der Waals surface area contributed by atoms with Crippen molar-refractivity contribution in [1.82, 2.24) is 9.55 Å². The lowest BCUT2D eigenvalue weighted by Crippen LogP contribution is -2.28. The largest absolute Gasteiger partial charge is 0.334 e. The maximum Gasteiger partial charge on any atom is 0.179 e. The second kappa shape index (κ2) is 5.26. The van der Waals surface area contributed by atoms with Crippen molar-refractivity contribution in [2.75, 3.05) is 0 Å². The van der Waals surface area contributed by atoms with Crippen LogP contribution in [0.25, 0.3) is 0 Å². The Morgan fingerprint density at radius 3 is 3.10 bits per heavy atom. The van der Waals surface area contributed by atoms with Gasteiger partial charge in [0.25, 0.3) is 0 Å². The van der Waals surface area contributed by atoms with Crippen LogP contribution in [0.5, 0.6) is 0 Å². The van der Waals surface area contributed by atoms with E-state index in [-0.39, 0.29) is 17.6 Å². The zero-order valence-electron chi connectivity index (χ0n) is 10.9. The van der Waals surface area contributed by atoms with Crippen molar-refractivity contribution >= 4 is 38.8 Å². The number of ketones is 2. The van der Waals surface area contributed by atoms with E-state index in [1.807, 2.05) is 23.8 Å². The highest BCUT2D eigenvalue weighted by atomic mass is 79.9. The number of carbonyl (C=O) groups excluding carboxylic acids is 2. The molecule has 0 bridgehead atoms. The number of nitrogens with zero attached hydrogens (tertiary/aromatic N) is 2. The van der Waals surface area contributed by atoms with Crippen molar-refractivity contribution in [3.63, 3.8) is 0 Å². The number of aromatic nitrogens is 2. The summed E-state index contributed by atoms with van der Waals surface area (Å²) in [5.74, 6) is 0.246. The first-order chi connectivity index (χ1) is 9.54. The summed E-state index contributed by atoms with van der Waals surface area (Å²) in [7, 11) is 0. The van der Waals surface area contributed by atoms with Gasteiger partial charge in [-0.05, 0) is 40.9 Å². The molecule has 1 aliphatic heterocycles. The van der Waals surface area contributed by atoms with Crippen LogP contribution in [-0.2, 0) is 11.2 Å². The van der Waals surface area contributed by atoms with Gasteiger partial charge in [0.2, 0.25) is 0 Å². The predicted octanol–water partition coefficient (Wildman–Crippen LogP) is 3.34. The fourth-order valence-electron chi connectivity index (χ4n) is 2.59. The van der Waals surface area contributed by atoms with Crippen LogP contribution >= 0.6 is 27.3 Å². The summed E-state index contributed by atoms with van der Waals surface area (Å²) in [6.45, 7) is 1.94. The SMILES string of the molecule is Cc1cc2n(c1)C(C(=O)Cc1ncc(Br)s1)CCC2=O. The van der Waals surface area contributed by atoms with Crippen LogP contribution in [-0.4, -0.2) is 21.1 Å². The molecule has 2 aromatic heterocycles. The van der Waals surface area contributed by atoms with E-state index in [1.54, 1.807) is 6.20 Å². The Hall–Kier alpha value is -1.27. The van der Waals surface area contributed by atoms with Crippen molar-refractivity contribution in [3.05, 3.63) is 38.5 Å². The lowest BCUT2D eigenvalue weighted by atomic mass is 9.97. The summed E-state index contributed by atoms with van der Waals surface area (Å²) < 4.78 is 2.77. The van der Waals surface area contributed by atoms with E-state index in [0.29, 0.717) is 25.0 Å². The molecule has 104 valence electrons. The third-order valence-electron chi connectivity index (χ3n) is 3.47. The maximum atomic E-state index is 12.5. The molecule has 0 aliphatic carbocycles. The molecule has 0 N–H and O–H groups in total. The number of Topliss-reactive ketones (excluding diaryl/α,β-unsaturated/α-hetero) is 2. The molecule has 20 heavy (non-hydrogen) atoms. The van der Waals surface area contributed by atoms with E-state index in [2.05, 4.69) is 20.9 Å². The third kappa shape index (κ3) is 2.50. The second-order valence-electron chi connectivity index (χ2n) is 4.99. The minimum Gasteiger partial charge on any atom is -0.334 e. The highest BCUT2D eigenvalue weighted by Crippen LogP contribution is 2.29. The van der Waals surface area contributed by atoms with Gasteiger partial charge in [0.15, 0.2) is 11.6 Å². The normalized spacial score (nSPS) is 18.1. The van der Waals surface area contributed by atoms with Gasteiger partial charge in [0, 0.05) is 12.6 Å². The fraction of sp³-hybridized carbons (Fsp3) is 0.357. The zero-order chi connectivity index (χ0) is 14.3. The minimum absolute atomic E-state index is 0.121. The van der Waals surface area contributed by atoms with E-state index < -0.39 is 0 Å². The Labute approximate surface area is 129 Å². The Kier molecular flexibility index (Phi) is 3.60. The van der Waals surface area contributed by atoms with E-state index in [4.69, 9.17) is 0 Å². The molecule has 0 fully saturated rings. The molecular weight excluding hydrogens is 340 g/mol. The fourth-order valence-corrected chi connectivity index (χ4v) is 3.90. The second-order valence-corrected chi connectivity index (χ2v) is 7.48. The molecule has 0 spiro atoms. The van der Waals surface area contributed by atoms with Gasteiger partial charge in [-0.3, -0.25) is 9.59 Å². The molecular formula is C14H13BrN2O2S. The molecule has 0 amide bonds. The lowest BCUT2D eigenvalue weighted by molar-refractivity contribution is -0.121. The van der Waals surface area contributed by atoms with E-state index >= 15 is 0 Å². The molecule has 0 saturated carbocycles. The van der Waals surface area contributed by atoms with Crippen molar-refractivity contribution in [3.8, 4) is 0 Å². The first-order valence-corrected chi connectivity index (χ1v) is 8.00. The predicted molar refractivity (Wildman–Crippen MR) is 80.3 cm³/mol. The van der Waals surface area contributed by atoms with Crippen LogP contribution in [0.15, 0.2) is 22.2 Å². The highest BCUT2D eigenvalue weighted by molar-refractivity contribution is 9.11. The van der Waals surface area contributed by atoms with E-state index in [9.17, 15) is 9.59 Å². The molecule has 1 unspecified atom stereocenters. The van der Waals surface area contributed by atoms with Gasteiger partial charge in [0.1, 0.15) is 5.01 Å². The van der Waals surface area contributed by atoms with Crippen LogP contribution in [0.3, 0.4) is 0 Å². The smallest absolute Gasteiger partial charge is 0.179 e. The summed E-state index contributed by atoms with van der Waals surface area (Å²) in [5, 5.41) is 0.809. The Morgan fingerprint density at radius 1 is 1.60 bits per heavy atom. The number of hydrogen-bond acceptors (Lipinski definition) is 4. The van der Waals surface area contributed by atoms with Crippen molar-refractivity contribution < 1.29 is 9.59 Å². The summed E-state index contributed by atoms with van der Waals surface area (Å²) >= 11 is 4.83. The minimum atomic E-state index is -0.237.